The first-order valence-electron chi connectivity index (χ1n) is 5.35. The molecule has 0 aliphatic carbocycles. The Balaban J connectivity index is 2.02. The number of benzene rings is 1. The standard InChI is InChI=1S/C11H13N5OS/c1-7(14-10-6-13-16-18-10)8-2-4-9(5-3-8)15-11(12)17/h2-7,14H,1H3,(H3,12,15,17). The van der Waals surface area contributed by atoms with Crippen LogP contribution < -0.4 is 16.4 Å². The van der Waals surface area contributed by atoms with Gasteiger partial charge in [-0.3, -0.25) is 0 Å². The van der Waals surface area contributed by atoms with Crippen LogP contribution in [0.1, 0.15) is 18.5 Å². The molecule has 6 nitrogen and oxygen atoms in total. The van der Waals surface area contributed by atoms with Crippen LogP contribution in [0.3, 0.4) is 0 Å². The van der Waals surface area contributed by atoms with Gasteiger partial charge in [-0.1, -0.05) is 16.6 Å². The number of anilines is 2. The van der Waals surface area contributed by atoms with Crippen LogP contribution in [0.15, 0.2) is 30.5 Å². The number of carbonyl (C=O) groups excluding carboxylic acids is 1. The summed E-state index contributed by atoms with van der Waals surface area (Å²) in [4.78, 5) is 10.7. The number of nitrogens with two attached hydrogens (primary N) is 1. The van der Waals surface area contributed by atoms with E-state index in [1.54, 1.807) is 6.20 Å². The molecule has 1 aromatic heterocycles. The van der Waals surface area contributed by atoms with Crippen molar-refractivity contribution in [3.8, 4) is 0 Å². The minimum atomic E-state index is -0.565. The number of aromatic nitrogens is 2. The van der Waals surface area contributed by atoms with Crippen LogP contribution in [-0.2, 0) is 0 Å². The van der Waals surface area contributed by atoms with Gasteiger partial charge in [0.1, 0.15) is 5.00 Å². The lowest BCUT2D eigenvalue weighted by Gasteiger charge is -2.13. The summed E-state index contributed by atoms with van der Waals surface area (Å²) >= 11 is 1.31. The minimum Gasteiger partial charge on any atom is -0.368 e. The summed E-state index contributed by atoms with van der Waals surface area (Å²) < 4.78 is 3.78. The molecule has 2 aromatic rings. The lowest BCUT2D eigenvalue weighted by atomic mass is 10.1. The highest BCUT2D eigenvalue weighted by Crippen LogP contribution is 2.21. The summed E-state index contributed by atoms with van der Waals surface area (Å²) in [6, 6.07) is 7.04. The molecule has 1 heterocycles. The van der Waals surface area contributed by atoms with E-state index in [0.29, 0.717) is 5.69 Å². The lowest BCUT2D eigenvalue weighted by Crippen LogP contribution is -2.19. The van der Waals surface area contributed by atoms with Gasteiger partial charge in [0.15, 0.2) is 0 Å². The zero-order valence-electron chi connectivity index (χ0n) is 9.75. The first-order valence-corrected chi connectivity index (χ1v) is 6.13. The number of amides is 2. The fraction of sp³-hybridized carbons (Fsp3) is 0.182. The molecule has 18 heavy (non-hydrogen) atoms. The van der Waals surface area contributed by atoms with Gasteiger partial charge >= 0.3 is 6.03 Å². The third-order valence-electron chi connectivity index (χ3n) is 2.40. The second kappa shape index (κ2) is 5.46. The van der Waals surface area contributed by atoms with Crippen molar-refractivity contribution in [2.45, 2.75) is 13.0 Å². The van der Waals surface area contributed by atoms with Crippen molar-refractivity contribution in [1.82, 2.24) is 9.59 Å². The van der Waals surface area contributed by atoms with Crippen molar-refractivity contribution in [3.63, 3.8) is 0 Å². The molecule has 4 N–H and O–H groups in total. The highest BCUT2D eigenvalue weighted by Gasteiger charge is 2.06. The van der Waals surface area contributed by atoms with Gasteiger partial charge < -0.3 is 16.4 Å². The topological polar surface area (TPSA) is 92.9 Å². The van der Waals surface area contributed by atoms with Gasteiger partial charge in [-0.05, 0) is 24.6 Å². The molecule has 0 bridgehead atoms. The highest BCUT2D eigenvalue weighted by atomic mass is 32.1. The van der Waals surface area contributed by atoms with Crippen molar-refractivity contribution < 1.29 is 4.79 Å². The zero-order valence-corrected chi connectivity index (χ0v) is 10.6. The average Bonchev–Trinajstić information content (AvgIpc) is 2.82. The maximum absolute atomic E-state index is 10.7. The smallest absolute Gasteiger partial charge is 0.316 e. The van der Waals surface area contributed by atoms with Gasteiger partial charge in [0.2, 0.25) is 0 Å². The van der Waals surface area contributed by atoms with Crippen LogP contribution in [0, 0.1) is 0 Å². The number of hydrogen-bond acceptors (Lipinski definition) is 5. The van der Waals surface area contributed by atoms with E-state index < -0.39 is 6.03 Å². The molecule has 0 aliphatic heterocycles. The van der Waals surface area contributed by atoms with E-state index >= 15 is 0 Å². The largest absolute Gasteiger partial charge is 0.368 e. The van der Waals surface area contributed by atoms with Crippen molar-refractivity contribution in [2.75, 3.05) is 10.6 Å². The predicted molar refractivity (Wildman–Crippen MR) is 71.6 cm³/mol. The minimum absolute atomic E-state index is 0.134. The quantitative estimate of drug-likeness (QED) is 0.788. The molecule has 0 spiro atoms. The Hall–Kier alpha value is -2.15. The highest BCUT2D eigenvalue weighted by molar-refractivity contribution is 7.09. The van der Waals surface area contributed by atoms with Crippen LogP contribution in [0.2, 0.25) is 0 Å². The Morgan fingerprint density at radius 1 is 1.39 bits per heavy atom. The van der Waals surface area contributed by atoms with Crippen molar-refractivity contribution in [3.05, 3.63) is 36.0 Å². The van der Waals surface area contributed by atoms with E-state index in [9.17, 15) is 4.79 Å². The number of hydrogen-bond donors (Lipinski definition) is 3. The number of primary amides is 1. The molecule has 2 rings (SSSR count). The maximum Gasteiger partial charge on any atom is 0.316 e. The Kier molecular flexibility index (Phi) is 3.73. The van der Waals surface area contributed by atoms with Crippen LogP contribution >= 0.6 is 11.5 Å². The molecule has 0 fully saturated rings. The van der Waals surface area contributed by atoms with Gasteiger partial charge in [0, 0.05) is 23.3 Å². The molecule has 7 heteroatoms. The summed E-state index contributed by atoms with van der Waals surface area (Å²) in [5, 5.41) is 10.5. The molecule has 0 saturated heterocycles. The summed E-state index contributed by atoms with van der Waals surface area (Å²) in [5.74, 6) is 0. The van der Waals surface area contributed by atoms with Crippen molar-refractivity contribution >= 4 is 28.3 Å². The van der Waals surface area contributed by atoms with Crippen LogP contribution in [0.4, 0.5) is 15.5 Å². The van der Waals surface area contributed by atoms with E-state index in [1.807, 2.05) is 31.2 Å². The molecule has 2 amide bonds. The molecular formula is C11H13N5OS. The SMILES string of the molecule is CC(Nc1cnns1)c1ccc(NC(N)=O)cc1. The van der Waals surface area contributed by atoms with Gasteiger partial charge in [-0.15, -0.1) is 5.10 Å². The Labute approximate surface area is 108 Å². The van der Waals surface area contributed by atoms with E-state index in [0.717, 1.165) is 10.6 Å². The van der Waals surface area contributed by atoms with Crippen molar-refractivity contribution in [1.29, 1.82) is 0 Å². The fourth-order valence-electron chi connectivity index (χ4n) is 1.52. The number of carbonyl (C=O) groups is 1. The van der Waals surface area contributed by atoms with Gasteiger partial charge in [-0.2, -0.15) is 0 Å². The van der Waals surface area contributed by atoms with E-state index in [-0.39, 0.29) is 6.04 Å². The van der Waals surface area contributed by atoms with Crippen LogP contribution in [-0.4, -0.2) is 15.6 Å². The lowest BCUT2D eigenvalue weighted by molar-refractivity contribution is 0.259. The average molecular weight is 263 g/mol. The van der Waals surface area contributed by atoms with Crippen LogP contribution in [0.25, 0.3) is 0 Å². The van der Waals surface area contributed by atoms with Gasteiger partial charge in [0.25, 0.3) is 0 Å². The molecule has 1 aromatic carbocycles. The Bertz CT molecular complexity index is 511. The van der Waals surface area contributed by atoms with E-state index in [1.165, 1.54) is 11.5 Å². The number of rotatable bonds is 4. The summed E-state index contributed by atoms with van der Waals surface area (Å²) in [7, 11) is 0. The normalized spacial score (nSPS) is 11.8. The first kappa shape index (κ1) is 12.3. The molecule has 1 unspecified atom stereocenters. The Morgan fingerprint density at radius 3 is 2.67 bits per heavy atom. The second-order valence-electron chi connectivity index (χ2n) is 3.76. The molecular weight excluding hydrogens is 250 g/mol. The zero-order chi connectivity index (χ0) is 13.0. The molecule has 0 saturated carbocycles. The third kappa shape index (κ3) is 3.17. The number of nitrogens with one attached hydrogen (secondary N) is 2. The van der Waals surface area contributed by atoms with E-state index in [4.69, 9.17) is 5.73 Å². The predicted octanol–water partition coefficient (Wildman–Crippen LogP) is 2.20. The summed E-state index contributed by atoms with van der Waals surface area (Å²) in [6.07, 6.45) is 1.68. The molecule has 1 atom stereocenters. The van der Waals surface area contributed by atoms with Gasteiger partial charge in [-0.25, -0.2) is 4.79 Å². The molecule has 94 valence electrons. The summed E-state index contributed by atoms with van der Waals surface area (Å²) in [5.41, 5.74) is 6.81. The third-order valence-corrected chi connectivity index (χ3v) is 2.99. The van der Waals surface area contributed by atoms with Crippen molar-refractivity contribution in [2.24, 2.45) is 5.73 Å². The second-order valence-corrected chi connectivity index (χ2v) is 4.54. The number of urea groups is 1. The molecule has 0 radical (unpaired) electrons. The Morgan fingerprint density at radius 2 is 2.11 bits per heavy atom. The molecule has 0 aliphatic rings. The maximum atomic E-state index is 10.7. The monoisotopic (exact) mass is 263 g/mol. The van der Waals surface area contributed by atoms with E-state index in [2.05, 4.69) is 20.2 Å². The number of nitrogens with zero attached hydrogens (tertiary/aromatic N) is 2. The summed E-state index contributed by atoms with van der Waals surface area (Å²) in [6.45, 7) is 2.04. The fourth-order valence-corrected chi connectivity index (χ4v) is 2.03. The van der Waals surface area contributed by atoms with Gasteiger partial charge in [0.05, 0.1) is 6.20 Å². The first-order chi connectivity index (χ1) is 8.65. The van der Waals surface area contributed by atoms with Crippen LogP contribution in [0.5, 0.6) is 0 Å².